The second kappa shape index (κ2) is 8.45. The van der Waals surface area contributed by atoms with E-state index < -0.39 is 20.8 Å². The third-order valence-corrected chi connectivity index (χ3v) is 5.83. The first kappa shape index (κ1) is 18.1. The highest BCUT2D eigenvalue weighted by Crippen LogP contribution is 2.11. The van der Waals surface area contributed by atoms with E-state index >= 15 is 0 Å². The zero-order valence-corrected chi connectivity index (χ0v) is 14.3. The first-order chi connectivity index (χ1) is 9.86. The second-order valence-corrected chi connectivity index (χ2v) is 8.37. The quantitative estimate of drug-likeness (QED) is 0.712. The van der Waals surface area contributed by atoms with Gasteiger partial charge in [0.1, 0.15) is 10.7 Å². The van der Waals surface area contributed by atoms with Crippen molar-refractivity contribution in [3.63, 3.8) is 0 Å². The Morgan fingerprint density at radius 1 is 1.33 bits per heavy atom. The lowest BCUT2D eigenvalue weighted by Crippen LogP contribution is -2.27. The average molecular weight is 333 g/mol. The number of nitrogens with one attached hydrogen (secondary N) is 2. The van der Waals surface area contributed by atoms with E-state index in [-0.39, 0.29) is 16.7 Å². The number of rotatable bonds is 9. The fourth-order valence-corrected chi connectivity index (χ4v) is 2.98. The van der Waals surface area contributed by atoms with Crippen molar-refractivity contribution < 1.29 is 12.6 Å². The van der Waals surface area contributed by atoms with Crippen LogP contribution in [-0.4, -0.2) is 42.2 Å². The zero-order chi connectivity index (χ0) is 15.9. The highest BCUT2D eigenvalue weighted by Gasteiger charge is 2.15. The molecule has 0 aliphatic carbocycles. The van der Waals surface area contributed by atoms with Gasteiger partial charge in [-0.2, -0.15) is 0 Å². The Bertz CT molecular complexity index is 559. The highest BCUT2D eigenvalue weighted by atomic mass is 32.2. The van der Waals surface area contributed by atoms with Crippen LogP contribution in [0.1, 0.15) is 26.7 Å². The van der Waals surface area contributed by atoms with Crippen LogP contribution in [0.4, 0.5) is 5.82 Å². The van der Waals surface area contributed by atoms with Gasteiger partial charge in [-0.25, -0.2) is 18.1 Å². The van der Waals surface area contributed by atoms with Crippen LogP contribution in [0.5, 0.6) is 0 Å². The Balaban J connectivity index is 2.59. The summed E-state index contributed by atoms with van der Waals surface area (Å²) >= 11 is 0. The Morgan fingerprint density at radius 3 is 2.57 bits per heavy atom. The van der Waals surface area contributed by atoms with Crippen LogP contribution in [0, 0.1) is 0 Å². The first-order valence-electron chi connectivity index (χ1n) is 6.88. The van der Waals surface area contributed by atoms with E-state index in [1.807, 2.05) is 13.8 Å². The van der Waals surface area contributed by atoms with E-state index in [1.54, 1.807) is 12.3 Å². The number of anilines is 1. The Hall–Kier alpha value is -0.990. The SMILES string of the molecule is CCCNc1ccc(S(=O)(=O)NCCC(C)S(C)=O)cn1. The summed E-state index contributed by atoms with van der Waals surface area (Å²) in [6.07, 6.45) is 4.46. The van der Waals surface area contributed by atoms with Gasteiger partial charge in [-0.05, 0) is 25.0 Å². The van der Waals surface area contributed by atoms with Crippen LogP contribution in [0.2, 0.25) is 0 Å². The van der Waals surface area contributed by atoms with Gasteiger partial charge >= 0.3 is 0 Å². The molecule has 0 amide bonds. The van der Waals surface area contributed by atoms with Crippen LogP contribution in [-0.2, 0) is 20.8 Å². The molecule has 0 radical (unpaired) electrons. The number of pyridine rings is 1. The van der Waals surface area contributed by atoms with Gasteiger partial charge in [-0.3, -0.25) is 4.21 Å². The molecule has 0 saturated heterocycles. The van der Waals surface area contributed by atoms with Gasteiger partial charge in [-0.1, -0.05) is 13.8 Å². The lowest BCUT2D eigenvalue weighted by molar-refractivity contribution is 0.577. The van der Waals surface area contributed by atoms with Gasteiger partial charge in [-0.15, -0.1) is 0 Å². The minimum atomic E-state index is -3.56. The van der Waals surface area contributed by atoms with Crippen molar-refractivity contribution in [1.29, 1.82) is 0 Å². The molecule has 0 saturated carbocycles. The van der Waals surface area contributed by atoms with Crippen LogP contribution < -0.4 is 10.0 Å². The van der Waals surface area contributed by atoms with E-state index in [0.29, 0.717) is 12.2 Å². The monoisotopic (exact) mass is 333 g/mol. The van der Waals surface area contributed by atoms with Gasteiger partial charge in [0.15, 0.2) is 0 Å². The Morgan fingerprint density at radius 2 is 2.05 bits per heavy atom. The molecule has 2 atom stereocenters. The van der Waals surface area contributed by atoms with Crippen molar-refractivity contribution in [2.75, 3.05) is 24.7 Å². The standard InChI is InChI=1S/C13H23N3O3S2/c1-4-8-14-13-6-5-12(10-15-13)21(18,19)16-9-7-11(2)20(3)17/h5-6,10-11,16H,4,7-9H2,1-3H3,(H,14,15). The molecule has 1 heterocycles. The summed E-state index contributed by atoms with van der Waals surface area (Å²) in [6, 6.07) is 3.17. The summed E-state index contributed by atoms with van der Waals surface area (Å²) in [6.45, 7) is 4.93. The summed E-state index contributed by atoms with van der Waals surface area (Å²) in [7, 11) is -4.50. The normalized spacial score (nSPS) is 14.6. The molecule has 0 fully saturated rings. The van der Waals surface area contributed by atoms with E-state index in [1.165, 1.54) is 12.3 Å². The van der Waals surface area contributed by atoms with Crippen molar-refractivity contribution in [3.05, 3.63) is 18.3 Å². The maximum atomic E-state index is 12.1. The van der Waals surface area contributed by atoms with E-state index in [2.05, 4.69) is 15.0 Å². The fraction of sp³-hybridized carbons (Fsp3) is 0.615. The lowest BCUT2D eigenvalue weighted by atomic mass is 10.3. The van der Waals surface area contributed by atoms with Gasteiger partial charge in [0.25, 0.3) is 0 Å². The van der Waals surface area contributed by atoms with Crippen LogP contribution in [0.15, 0.2) is 23.2 Å². The number of sulfonamides is 1. The summed E-state index contributed by atoms with van der Waals surface area (Å²) in [5.74, 6) is 0.658. The van der Waals surface area contributed by atoms with E-state index in [0.717, 1.165) is 13.0 Å². The van der Waals surface area contributed by atoms with Crippen molar-refractivity contribution in [1.82, 2.24) is 9.71 Å². The van der Waals surface area contributed by atoms with E-state index in [4.69, 9.17) is 0 Å². The average Bonchev–Trinajstić information content (AvgIpc) is 2.45. The molecule has 1 aromatic rings. The third kappa shape index (κ3) is 6.11. The minimum absolute atomic E-state index is 0.0357. The number of nitrogens with zero attached hydrogens (tertiary/aromatic N) is 1. The molecule has 0 aliphatic heterocycles. The first-order valence-corrected chi connectivity index (χ1v) is 9.99. The van der Waals surface area contributed by atoms with Crippen LogP contribution >= 0.6 is 0 Å². The molecule has 6 nitrogen and oxygen atoms in total. The molecule has 0 bridgehead atoms. The predicted octanol–water partition coefficient (Wildman–Crippen LogP) is 1.34. The number of aromatic nitrogens is 1. The molecule has 0 aliphatic rings. The summed E-state index contributed by atoms with van der Waals surface area (Å²) in [4.78, 5) is 4.21. The van der Waals surface area contributed by atoms with Crippen molar-refractivity contribution in [3.8, 4) is 0 Å². The Labute approximate surface area is 129 Å². The molecule has 0 spiro atoms. The molecule has 21 heavy (non-hydrogen) atoms. The van der Waals surface area contributed by atoms with Crippen LogP contribution in [0.25, 0.3) is 0 Å². The number of hydrogen-bond acceptors (Lipinski definition) is 5. The summed E-state index contributed by atoms with van der Waals surface area (Å²) < 4.78 is 37.8. The predicted molar refractivity (Wildman–Crippen MR) is 86.4 cm³/mol. The van der Waals surface area contributed by atoms with Gasteiger partial charge < -0.3 is 5.32 Å². The summed E-state index contributed by atoms with van der Waals surface area (Å²) in [5, 5.41) is 3.05. The molecule has 120 valence electrons. The molecular formula is C13H23N3O3S2. The van der Waals surface area contributed by atoms with Gasteiger partial charge in [0.2, 0.25) is 10.0 Å². The van der Waals surface area contributed by atoms with Crippen molar-refractivity contribution >= 4 is 26.6 Å². The molecule has 0 aromatic carbocycles. The minimum Gasteiger partial charge on any atom is -0.370 e. The highest BCUT2D eigenvalue weighted by molar-refractivity contribution is 7.89. The van der Waals surface area contributed by atoms with Crippen LogP contribution in [0.3, 0.4) is 0 Å². The fourth-order valence-electron chi connectivity index (χ4n) is 1.54. The molecule has 2 N–H and O–H groups in total. The maximum Gasteiger partial charge on any atom is 0.242 e. The van der Waals surface area contributed by atoms with Gasteiger partial charge in [0, 0.05) is 41.6 Å². The van der Waals surface area contributed by atoms with Crippen molar-refractivity contribution in [2.45, 2.75) is 36.8 Å². The number of hydrogen-bond donors (Lipinski definition) is 2. The third-order valence-electron chi connectivity index (χ3n) is 3.01. The molecular weight excluding hydrogens is 310 g/mol. The molecule has 1 aromatic heterocycles. The Kier molecular flexibility index (Phi) is 7.27. The molecule has 2 unspecified atom stereocenters. The molecule has 8 heteroatoms. The second-order valence-electron chi connectivity index (χ2n) is 4.80. The maximum absolute atomic E-state index is 12.1. The smallest absolute Gasteiger partial charge is 0.242 e. The summed E-state index contributed by atoms with van der Waals surface area (Å²) in [5.41, 5.74) is 0. The zero-order valence-electron chi connectivity index (χ0n) is 12.6. The van der Waals surface area contributed by atoms with Crippen molar-refractivity contribution in [2.24, 2.45) is 0 Å². The topological polar surface area (TPSA) is 88.2 Å². The van der Waals surface area contributed by atoms with E-state index in [9.17, 15) is 12.6 Å². The largest absolute Gasteiger partial charge is 0.370 e. The molecule has 1 rings (SSSR count). The lowest BCUT2D eigenvalue weighted by Gasteiger charge is -2.10. The van der Waals surface area contributed by atoms with Gasteiger partial charge in [0.05, 0.1) is 0 Å².